The highest BCUT2D eigenvalue weighted by atomic mass is 16.8. The van der Waals surface area contributed by atoms with Crippen LogP contribution in [0.25, 0.3) is 0 Å². The van der Waals surface area contributed by atoms with E-state index in [1.165, 1.54) is 57.8 Å². The first-order valence-corrected chi connectivity index (χ1v) is 15.0. The topological polar surface area (TPSA) is 196 Å². The van der Waals surface area contributed by atoms with Crippen molar-refractivity contribution in [1.82, 2.24) is 0 Å². The number of unbranched alkanes of at least 4 members (excludes halogenated alkanes) is 12. The molecule has 12 heteroatoms. The highest BCUT2D eigenvalue weighted by Gasteiger charge is 2.49. The van der Waals surface area contributed by atoms with Crippen molar-refractivity contribution in [2.24, 2.45) is 0 Å². The summed E-state index contributed by atoms with van der Waals surface area (Å²) < 4.78 is 21.3. The number of rotatable bonds is 19. The van der Waals surface area contributed by atoms with E-state index in [1.807, 2.05) is 0 Å². The number of carbonyl (C=O) groups is 1. The van der Waals surface area contributed by atoms with Crippen molar-refractivity contribution in [3.05, 3.63) is 0 Å². The second kappa shape index (κ2) is 19.3. The second-order valence-electron chi connectivity index (χ2n) is 11.0. The zero-order valence-corrected chi connectivity index (χ0v) is 23.8. The van der Waals surface area contributed by atoms with Gasteiger partial charge in [0.25, 0.3) is 0 Å². The Labute approximate surface area is 237 Å². The fraction of sp³-hybridized carbons (Fsp3) is 0.964. The Bertz CT molecular complexity index is 680. The van der Waals surface area contributed by atoms with Crippen LogP contribution in [0.4, 0.5) is 0 Å². The van der Waals surface area contributed by atoms with E-state index in [1.54, 1.807) is 0 Å². The molecule has 2 rings (SSSR count). The fourth-order valence-corrected chi connectivity index (χ4v) is 5.01. The Kier molecular flexibility index (Phi) is 17.0. The van der Waals surface area contributed by atoms with Gasteiger partial charge < -0.3 is 54.7 Å². The number of aliphatic hydroxyl groups excluding tert-OH is 7. The first kappa shape index (κ1) is 35.3. The minimum Gasteiger partial charge on any atom is -0.463 e. The number of hydrogen-bond acceptors (Lipinski definition) is 12. The molecule has 0 aliphatic carbocycles. The Balaban J connectivity index is 1.64. The second-order valence-corrected chi connectivity index (χ2v) is 11.0. The highest BCUT2D eigenvalue weighted by Crippen LogP contribution is 2.28. The lowest BCUT2D eigenvalue weighted by atomic mass is 9.98. The molecule has 0 amide bonds. The van der Waals surface area contributed by atoms with Crippen molar-refractivity contribution < 1.29 is 59.5 Å². The third-order valence-corrected chi connectivity index (χ3v) is 7.68. The Hall–Kier alpha value is -0.930. The Morgan fingerprint density at radius 1 is 0.600 bits per heavy atom. The molecular weight excluding hydrogens is 528 g/mol. The first-order valence-electron chi connectivity index (χ1n) is 15.0. The zero-order chi connectivity index (χ0) is 29.5. The number of carbonyl (C=O) groups excluding carboxylic acids is 1. The normalized spacial score (nSPS) is 34.6. The SMILES string of the molecule is CCCCCCCCCCCCCCCC(=O)OC[C@H]1O[C@H](O[C@H]2O[C@H](CO)[C@H](O)[C@H](O)[C@H]2O)[C@@H](O)[C@@H](O)[C@@H]1O. The van der Waals surface area contributed by atoms with Gasteiger partial charge >= 0.3 is 5.97 Å². The maximum Gasteiger partial charge on any atom is 0.305 e. The van der Waals surface area contributed by atoms with Gasteiger partial charge in [-0.25, -0.2) is 0 Å². The standard InChI is InChI=1S/C28H52O12/c1-2-3-4-5-6-7-8-9-10-11-12-13-14-15-20(30)37-17-19-22(32)24(34)26(36)28(39-19)40-27-25(35)23(33)21(31)18(16-29)38-27/h18-19,21-29,31-36H,2-17H2,1H3/t18-,19-,21+,22-,23+,24+,25-,26+,27-,28-/m1/s1. The Morgan fingerprint density at radius 3 is 1.50 bits per heavy atom. The van der Waals surface area contributed by atoms with Crippen LogP contribution in [0.1, 0.15) is 96.8 Å². The lowest BCUT2D eigenvalue weighted by Crippen LogP contribution is -2.63. The predicted molar refractivity (Wildman–Crippen MR) is 143 cm³/mol. The Morgan fingerprint density at radius 2 is 1.02 bits per heavy atom. The van der Waals surface area contributed by atoms with Gasteiger partial charge in [-0.2, -0.15) is 0 Å². The molecule has 7 N–H and O–H groups in total. The van der Waals surface area contributed by atoms with Crippen LogP contribution in [-0.2, 0) is 23.7 Å². The highest BCUT2D eigenvalue weighted by molar-refractivity contribution is 5.69. The molecule has 0 aromatic heterocycles. The lowest BCUT2D eigenvalue weighted by Gasteiger charge is -2.44. The average molecular weight is 581 g/mol. The van der Waals surface area contributed by atoms with E-state index in [0.29, 0.717) is 6.42 Å². The number of hydrogen-bond donors (Lipinski definition) is 7. The van der Waals surface area contributed by atoms with Crippen molar-refractivity contribution in [2.45, 2.75) is 158 Å². The summed E-state index contributed by atoms with van der Waals surface area (Å²) in [5, 5.41) is 70.1. The molecule has 0 saturated carbocycles. The van der Waals surface area contributed by atoms with Crippen LogP contribution < -0.4 is 0 Å². The molecule has 0 radical (unpaired) electrons. The van der Waals surface area contributed by atoms with Crippen LogP contribution in [-0.4, -0.2) is 116 Å². The molecule has 236 valence electrons. The van der Waals surface area contributed by atoms with Crippen molar-refractivity contribution in [2.75, 3.05) is 13.2 Å². The molecular formula is C28H52O12. The van der Waals surface area contributed by atoms with Crippen molar-refractivity contribution in [3.63, 3.8) is 0 Å². The van der Waals surface area contributed by atoms with Gasteiger partial charge in [-0.3, -0.25) is 4.79 Å². The maximum absolute atomic E-state index is 12.2. The number of ether oxygens (including phenoxy) is 4. The summed E-state index contributed by atoms with van der Waals surface area (Å²) >= 11 is 0. The van der Waals surface area contributed by atoms with Crippen LogP contribution in [0.15, 0.2) is 0 Å². The molecule has 40 heavy (non-hydrogen) atoms. The van der Waals surface area contributed by atoms with Gasteiger partial charge in [-0.1, -0.05) is 84.0 Å². The largest absolute Gasteiger partial charge is 0.463 e. The van der Waals surface area contributed by atoms with Gasteiger partial charge in [0.15, 0.2) is 12.6 Å². The third-order valence-electron chi connectivity index (χ3n) is 7.68. The monoisotopic (exact) mass is 580 g/mol. The van der Waals surface area contributed by atoms with Gasteiger partial charge in [0.1, 0.15) is 55.4 Å². The molecule has 10 atom stereocenters. The maximum atomic E-state index is 12.2. The van der Waals surface area contributed by atoms with E-state index in [4.69, 9.17) is 18.9 Å². The van der Waals surface area contributed by atoms with Crippen LogP contribution >= 0.6 is 0 Å². The van der Waals surface area contributed by atoms with Crippen LogP contribution in [0, 0.1) is 0 Å². The van der Waals surface area contributed by atoms with Gasteiger partial charge in [0.2, 0.25) is 0 Å². The molecule has 12 nitrogen and oxygen atoms in total. The van der Waals surface area contributed by atoms with Gasteiger partial charge in [0, 0.05) is 6.42 Å². The molecule has 2 fully saturated rings. The van der Waals surface area contributed by atoms with Crippen molar-refractivity contribution >= 4 is 5.97 Å². The van der Waals surface area contributed by atoms with Gasteiger partial charge in [-0.15, -0.1) is 0 Å². The van der Waals surface area contributed by atoms with Crippen molar-refractivity contribution in [1.29, 1.82) is 0 Å². The zero-order valence-electron chi connectivity index (χ0n) is 23.8. The molecule has 2 saturated heterocycles. The summed E-state index contributed by atoms with van der Waals surface area (Å²) in [6.07, 6.45) is -0.249. The van der Waals surface area contributed by atoms with E-state index in [9.17, 15) is 40.5 Å². The number of esters is 1. The summed E-state index contributed by atoms with van der Waals surface area (Å²) in [5.74, 6) is -0.481. The molecule has 0 bridgehead atoms. The number of aliphatic hydroxyl groups is 7. The van der Waals surface area contributed by atoms with E-state index < -0.39 is 80.6 Å². The third kappa shape index (κ3) is 11.4. The van der Waals surface area contributed by atoms with Crippen LogP contribution in [0.3, 0.4) is 0 Å². The minimum absolute atomic E-state index is 0.205. The van der Waals surface area contributed by atoms with E-state index in [2.05, 4.69) is 6.92 Å². The summed E-state index contributed by atoms with van der Waals surface area (Å²) in [6, 6.07) is 0. The molecule has 0 unspecified atom stereocenters. The summed E-state index contributed by atoms with van der Waals surface area (Å²) in [6.45, 7) is 1.14. The first-order chi connectivity index (χ1) is 19.2. The molecule has 0 aromatic rings. The van der Waals surface area contributed by atoms with Crippen LogP contribution in [0.5, 0.6) is 0 Å². The summed E-state index contributed by atoms with van der Waals surface area (Å²) in [4.78, 5) is 12.2. The summed E-state index contributed by atoms with van der Waals surface area (Å²) in [7, 11) is 0. The molecule has 2 aliphatic rings. The molecule has 0 aromatic carbocycles. The van der Waals surface area contributed by atoms with E-state index in [0.717, 1.165) is 19.3 Å². The van der Waals surface area contributed by atoms with Gasteiger partial charge in [-0.05, 0) is 6.42 Å². The molecule has 0 spiro atoms. The smallest absolute Gasteiger partial charge is 0.305 e. The lowest BCUT2D eigenvalue weighted by molar-refractivity contribution is -0.376. The van der Waals surface area contributed by atoms with Crippen LogP contribution in [0.2, 0.25) is 0 Å². The predicted octanol–water partition coefficient (Wildman–Crippen LogP) is 0.635. The molecule has 2 aliphatic heterocycles. The summed E-state index contributed by atoms with van der Waals surface area (Å²) in [5.41, 5.74) is 0. The average Bonchev–Trinajstić information content (AvgIpc) is 2.95. The molecule has 2 heterocycles. The van der Waals surface area contributed by atoms with Gasteiger partial charge in [0.05, 0.1) is 6.61 Å². The van der Waals surface area contributed by atoms with Crippen molar-refractivity contribution in [3.8, 4) is 0 Å². The van der Waals surface area contributed by atoms with E-state index in [-0.39, 0.29) is 6.42 Å². The quantitative estimate of drug-likeness (QED) is 0.0833. The minimum atomic E-state index is -1.76. The van der Waals surface area contributed by atoms with E-state index >= 15 is 0 Å². The fourth-order valence-electron chi connectivity index (χ4n) is 5.01.